The van der Waals surface area contributed by atoms with Gasteiger partial charge < -0.3 is 30.7 Å². The molecule has 0 spiro atoms. The highest BCUT2D eigenvalue weighted by Crippen LogP contribution is 2.67. The molecule has 1 saturated heterocycles. The zero-order valence-electron chi connectivity index (χ0n) is 29.7. The fraction of sp³-hybridized carbons (Fsp3) is 0.833. The molecule has 6 rings (SSSR count). The molecule has 6 N–H and O–H groups in total. The molecule has 0 amide bonds. The molecule has 3 saturated carbocycles. The number of ether oxygens (including phenoxy) is 1. The lowest BCUT2D eigenvalue weighted by atomic mass is 9.46. The molecule has 5 aliphatic rings. The number of aliphatic hydroxyl groups excluding tert-OH is 3. The lowest BCUT2D eigenvalue weighted by Gasteiger charge is -2.59. The minimum Gasteiger partial charge on any atom is -0.389 e. The van der Waals surface area contributed by atoms with Crippen molar-refractivity contribution in [3.8, 4) is 0 Å². The van der Waals surface area contributed by atoms with Gasteiger partial charge in [-0.05, 0) is 97.3 Å². The zero-order chi connectivity index (χ0) is 35.5. The predicted molar refractivity (Wildman–Crippen MR) is 184 cm³/mol. The van der Waals surface area contributed by atoms with Crippen molar-refractivity contribution in [2.24, 2.45) is 46.3 Å². The van der Waals surface area contributed by atoms with E-state index < -0.39 is 56.9 Å². The first-order valence-electron chi connectivity index (χ1n) is 18.5. The van der Waals surface area contributed by atoms with Crippen LogP contribution in [-0.4, -0.2) is 66.9 Å². The summed E-state index contributed by atoms with van der Waals surface area (Å²) < 4.78 is 30.7. The van der Waals surface area contributed by atoms with E-state index in [1.807, 2.05) is 6.08 Å². The predicted octanol–water partition coefficient (Wildman–Crippen LogP) is 4.96. The van der Waals surface area contributed by atoms with E-state index in [4.69, 9.17) is 19.5 Å². The molecule has 13 heteroatoms. The Kier molecular flexibility index (Phi) is 10.7. The van der Waals surface area contributed by atoms with Crippen molar-refractivity contribution in [3.05, 3.63) is 34.4 Å². The second-order valence-electron chi connectivity index (χ2n) is 16.7. The van der Waals surface area contributed by atoms with Gasteiger partial charge in [0, 0.05) is 6.20 Å². The average Bonchev–Trinajstić information content (AvgIpc) is 3.52. The molecule has 1 aromatic rings. The summed E-state index contributed by atoms with van der Waals surface area (Å²) in [6.07, 6.45) is 7.04. The fourth-order valence-corrected chi connectivity index (χ4v) is 11.8. The molecular weight excluding hydrogens is 649 g/mol. The molecular formula is C36H58N3O9P. The lowest BCUT2D eigenvalue weighted by Crippen LogP contribution is -2.55. The molecule has 4 fully saturated rings. The first kappa shape index (κ1) is 37.1. The lowest BCUT2D eigenvalue weighted by molar-refractivity contribution is -0.0973. The molecule has 14 atom stereocenters. The zero-order valence-corrected chi connectivity index (χ0v) is 30.6. The smallest absolute Gasteiger partial charge is 0.389 e. The van der Waals surface area contributed by atoms with Gasteiger partial charge in [-0.1, -0.05) is 65.5 Å². The van der Waals surface area contributed by atoms with Crippen molar-refractivity contribution in [2.45, 2.75) is 136 Å². The molecule has 49 heavy (non-hydrogen) atoms. The minimum atomic E-state index is -4.59. The van der Waals surface area contributed by atoms with Gasteiger partial charge in [0.25, 0.3) is 0 Å². The molecule has 4 aliphatic carbocycles. The summed E-state index contributed by atoms with van der Waals surface area (Å²) in [7, 11) is -4.59. The number of phosphoric acid groups is 1. The highest BCUT2D eigenvalue weighted by molar-refractivity contribution is 7.47. The topological polar surface area (TPSA) is 187 Å². The van der Waals surface area contributed by atoms with Crippen LogP contribution in [0.25, 0.3) is 0 Å². The van der Waals surface area contributed by atoms with Crippen molar-refractivity contribution in [3.63, 3.8) is 0 Å². The number of rotatable bonds is 11. The molecule has 12 nitrogen and oxygen atoms in total. The quantitative estimate of drug-likeness (QED) is 0.155. The Balaban J connectivity index is 1.07. The van der Waals surface area contributed by atoms with Gasteiger partial charge >= 0.3 is 13.5 Å². The van der Waals surface area contributed by atoms with E-state index in [0.29, 0.717) is 36.5 Å². The van der Waals surface area contributed by atoms with Crippen molar-refractivity contribution in [2.75, 3.05) is 12.3 Å². The van der Waals surface area contributed by atoms with E-state index in [2.05, 4.69) is 39.6 Å². The standard InChI is InChI=1S/C36H58N3O9P/c1-20(2)7-6-8-21(3)24-9-10-25-30-26(12-15-36(24,25)5)35(4)14-11-23(17-22(35)18-27(30)40)48-49(44,45)46-19-28-31(41)32(42)33(47-28)39-16-13-29(37)38-34(39)43/h13,16,18,20-21,23-28,30-33,40-42H,6-12,14-15,17,19H2,1-5H3,(H,44,45)(H2,37,38,43)/t21-,23-,24+,25-,26-,27-,28+,30-,31+,32-,33+,35-,36+/m0/s1. The number of hydrogen-bond acceptors (Lipinski definition) is 10. The minimum absolute atomic E-state index is 0.00418. The number of phosphoric ester groups is 1. The number of fused-ring (bicyclic) bond motifs is 5. The highest BCUT2D eigenvalue weighted by Gasteiger charge is 2.61. The van der Waals surface area contributed by atoms with Crippen LogP contribution in [0, 0.1) is 46.3 Å². The van der Waals surface area contributed by atoms with E-state index in [-0.39, 0.29) is 22.6 Å². The van der Waals surface area contributed by atoms with Crippen LogP contribution < -0.4 is 11.4 Å². The Hall–Kier alpha value is -1.63. The Labute approximate surface area is 290 Å². The normalized spacial score (nSPS) is 42.2. The van der Waals surface area contributed by atoms with E-state index in [1.165, 1.54) is 50.8 Å². The Morgan fingerprint density at radius 1 is 1.08 bits per heavy atom. The fourth-order valence-electron chi connectivity index (χ4n) is 10.8. The third-order valence-electron chi connectivity index (χ3n) is 13.4. The maximum absolute atomic E-state index is 13.1. The van der Waals surface area contributed by atoms with E-state index >= 15 is 0 Å². The van der Waals surface area contributed by atoms with Gasteiger partial charge in [-0.2, -0.15) is 4.98 Å². The monoisotopic (exact) mass is 707 g/mol. The molecule has 1 unspecified atom stereocenters. The van der Waals surface area contributed by atoms with Crippen molar-refractivity contribution in [1.29, 1.82) is 0 Å². The Bertz CT molecular complexity index is 1490. The van der Waals surface area contributed by atoms with Crippen LogP contribution in [0.2, 0.25) is 0 Å². The van der Waals surface area contributed by atoms with Crippen LogP contribution in [0.1, 0.15) is 105 Å². The summed E-state index contributed by atoms with van der Waals surface area (Å²) in [6.45, 7) is 11.3. The summed E-state index contributed by atoms with van der Waals surface area (Å²) in [5.74, 6) is 3.20. The van der Waals surface area contributed by atoms with E-state index in [1.54, 1.807) is 0 Å². The third kappa shape index (κ3) is 7.10. The number of anilines is 1. The highest BCUT2D eigenvalue weighted by atomic mass is 31.2. The number of nitrogen functional groups attached to an aromatic ring is 1. The van der Waals surface area contributed by atoms with Crippen molar-refractivity contribution < 1.29 is 38.6 Å². The number of nitrogens with zero attached hydrogens (tertiary/aromatic N) is 2. The van der Waals surface area contributed by atoms with Gasteiger partial charge in [-0.15, -0.1) is 0 Å². The van der Waals surface area contributed by atoms with Crippen LogP contribution in [-0.2, 0) is 18.3 Å². The number of hydrogen-bond donors (Lipinski definition) is 5. The number of aromatic nitrogens is 2. The maximum Gasteiger partial charge on any atom is 0.472 e. The van der Waals surface area contributed by atoms with Crippen LogP contribution in [0.5, 0.6) is 0 Å². The largest absolute Gasteiger partial charge is 0.472 e. The van der Waals surface area contributed by atoms with Gasteiger partial charge in [0.1, 0.15) is 24.1 Å². The maximum atomic E-state index is 13.1. The molecule has 2 heterocycles. The summed E-state index contributed by atoms with van der Waals surface area (Å²) in [6, 6.07) is 1.35. The van der Waals surface area contributed by atoms with Crippen LogP contribution >= 0.6 is 7.82 Å². The molecule has 0 bridgehead atoms. The van der Waals surface area contributed by atoms with E-state index in [9.17, 15) is 29.6 Å². The first-order chi connectivity index (χ1) is 23.0. The third-order valence-corrected chi connectivity index (χ3v) is 14.5. The summed E-state index contributed by atoms with van der Waals surface area (Å²) in [5, 5.41) is 32.8. The second kappa shape index (κ2) is 14.1. The van der Waals surface area contributed by atoms with Crippen LogP contribution in [0.15, 0.2) is 28.7 Å². The second-order valence-corrected chi connectivity index (χ2v) is 18.1. The molecule has 0 radical (unpaired) electrons. The van der Waals surface area contributed by atoms with Gasteiger partial charge in [0.15, 0.2) is 6.23 Å². The molecule has 276 valence electrons. The van der Waals surface area contributed by atoms with Gasteiger partial charge in [0.05, 0.1) is 18.8 Å². The summed E-state index contributed by atoms with van der Waals surface area (Å²) >= 11 is 0. The first-order valence-corrected chi connectivity index (χ1v) is 19.9. The number of aliphatic hydroxyl groups is 3. The Morgan fingerprint density at radius 2 is 1.84 bits per heavy atom. The number of nitrogens with two attached hydrogens (primary N) is 1. The molecule has 1 aliphatic heterocycles. The molecule has 1 aromatic heterocycles. The van der Waals surface area contributed by atoms with Crippen molar-refractivity contribution >= 4 is 13.6 Å². The van der Waals surface area contributed by atoms with Crippen molar-refractivity contribution in [1.82, 2.24) is 9.55 Å². The van der Waals surface area contributed by atoms with Gasteiger partial charge in [-0.25, -0.2) is 9.36 Å². The van der Waals surface area contributed by atoms with Crippen LogP contribution in [0.4, 0.5) is 5.82 Å². The van der Waals surface area contributed by atoms with Gasteiger partial charge in [-0.3, -0.25) is 13.6 Å². The average molecular weight is 708 g/mol. The summed E-state index contributed by atoms with van der Waals surface area (Å²) in [5.41, 5.74) is 6.00. The van der Waals surface area contributed by atoms with Gasteiger partial charge in [0.2, 0.25) is 0 Å². The van der Waals surface area contributed by atoms with Crippen LogP contribution in [0.3, 0.4) is 0 Å². The van der Waals surface area contributed by atoms with E-state index in [0.717, 1.165) is 28.9 Å². The molecule has 0 aromatic carbocycles. The summed E-state index contributed by atoms with van der Waals surface area (Å²) in [4.78, 5) is 26.5. The Morgan fingerprint density at radius 3 is 2.55 bits per heavy atom. The SMILES string of the molecule is CC(C)CCC[C@H](C)[C@H]1CC[C@H]2[C@@H]3[C@@H](O)C=C4C[C@@H](OP(=O)(O)OC[C@H]5O[C@@H](n6ccc(N)nc6=O)[C@@H](O)[C@@H]5O)CC[C@]4(C)[C@H]3CC[C@]12C.